The number of nitrogens with two attached hydrogens (primary N) is 1. The van der Waals surface area contributed by atoms with Crippen LogP contribution < -0.4 is 11.1 Å². The SMILES string of the molecule is CC(C)(N)CS(=O)(=O)CC(=O)Nc1ccc(Cl)cc1. The van der Waals surface area contributed by atoms with Crippen LogP contribution in [0.1, 0.15) is 13.8 Å². The third-order valence-electron chi connectivity index (χ3n) is 2.07. The molecule has 0 aromatic heterocycles. The lowest BCUT2D eigenvalue weighted by Crippen LogP contribution is -2.42. The van der Waals surface area contributed by atoms with Crippen molar-refractivity contribution in [2.75, 3.05) is 16.8 Å². The summed E-state index contributed by atoms with van der Waals surface area (Å²) in [4.78, 5) is 11.6. The molecule has 0 bridgehead atoms. The molecule has 0 fully saturated rings. The van der Waals surface area contributed by atoms with E-state index >= 15 is 0 Å². The zero-order valence-electron chi connectivity index (χ0n) is 10.8. The number of halogens is 1. The minimum absolute atomic E-state index is 0.242. The van der Waals surface area contributed by atoms with Gasteiger partial charge in [0, 0.05) is 16.2 Å². The van der Waals surface area contributed by atoms with Gasteiger partial charge in [-0.1, -0.05) is 11.6 Å². The molecule has 1 amide bonds. The molecule has 0 saturated carbocycles. The van der Waals surface area contributed by atoms with Gasteiger partial charge in [0.1, 0.15) is 5.75 Å². The van der Waals surface area contributed by atoms with E-state index < -0.39 is 27.0 Å². The quantitative estimate of drug-likeness (QED) is 0.861. The zero-order chi connectivity index (χ0) is 14.7. The predicted molar refractivity (Wildman–Crippen MR) is 77.0 cm³/mol. The van der Waals surface area contributed by atoms with Crippen molar-refractivity contribution in [1.82, 2.24) is 0 Å². The minimum atomic E-state index is -3.53. The average Bonchev–Trinajstić information content (AvgIpc) is 2.16. The van der Waals surface area contributed by atoms with Gasteiger partial charge >= 0.3 is 0 Å². The number of amides is 1. The number of rotatable bonds is 5. The zero-order valence-corrected chi connectivity index (χ0v) is 12.4. The van der Waals surface area contributed by atoms with Gasteiger partial charge < -0.3 is 11.1 Å². The Hall–Kier alpha value is -1.11. The smallest absolute Gasteiger partial charge is 0.239 e. The molecule has 0 saturated heterocycles. The van der Waals surface area contributed by atoms with Crippen LogP contribution in [0.2, 0.25) is 5.02 Å². The lowest BCUT2D eigenvalue weighted by Gasteiger charge is -2.17. The van der Waals surface area contributed by atoms with E-state index in [1.807, 2.05) is 0 Å². The third kappa shape index (κ3) is 6.56. The summed E-state index contributed by atoms with van der Waals surface area (Å²) < 4.78 is 23.5. The van der Waals surface area contributed by atoms with E-state index in [0.29, 0.717) is 10.7 Å². The molecule has 1 rings (SSSR count). The van der Waals surface area contributed by atoms with Crippen molar-refractivity contribution in [3.05, 3.63) is 29.3 Å². The van der Waals surface area contributed by atoms with E-state index in [2.05, 4.69) is 5.32 Å². The van der Waals surface area contributed by atoms with Crippen LogP contribution in [0.25, 0.3) is 0 Å². The lowest BCUT2D eigenvalue weighted by molar-refractivity contribution is -0.113. The minimum Gasteiger partial charge on any atom is -0.325 e. The highest BCUT2D eigenvalue weighted by atomic mass is 35.5. The van der Waals surface area contributed by atoms with Crippen LogP contribution in [0.4, 0.5) is 5.69 Å². The summed E-state index contributed by atoms with van der Waals surface area (Å²) in [5.74, 6) is -1.42. The maximum Gasteiger partial charge on any atom is 0.239 e. The largest absolute Gasteiger partial charge is 0.325 e. The standard InChI is InChI=1S/C12H17ClN2O3S/c1-12(2,14)8-19(17,18)7-11(16)15-10-5-3-9(13)4-6-10/h3-6H,7-8,14H2,1-2H3,(H,15,16). The Bertz CT molecular complexity index is 547. The van der Waals surface area contributed by atoms with Crippen molar-refractivity contribution < 1.29 is 13.2 Å². The van der Waals surface area contributed by atoms with Crippen LogP contribution >= 0.6 is 11.6 Å². The Morgan fingerprint density at radius 1 is 1.32 bits per heavy atom. The number of anilines is 1. The Morgan fingerprint density at radius 2 is 1.84 bits per heavy atom. The Morgan fingerprint density at radius 3 is 2.32 bits per heavy atom. The molecule has 0 aliphatic heterocycles. The number of sulfone groups is 1. The molecule has 0 radical (unpaired) electrons. The van der Waals surface area contributed by atoms with Crippen molar-refractivity contribution >= 4 is 33.0 Å². The van der Waals surface area contributed by atoms with E-state index in [-0.39, 0.29) is 5.75 Å². The molecule has 1 aromatic rings. The molecular weight excluding hydrogens is 288 g/mol. The monoisotopic (exact) mass is 304 g/mol. The molecule has 3 N–H and O–H groups in total. The molecular formula is C12H17ClN2O3S. The molecule has 0 aliphatic rings. The fraction of sp³-hybridized carbons (Fsp3) is 0.417. The molecule has 0 aliphatic carbocycles. The molecule has 0 unspecified atom stereocenters. The first-order chi connectivity index (χ1) is 8.57. The van der Waals surface area contributed by atoms with Crippen LogP contribution in [-0.2, 0) is 14.6 Å². The molecule has 19 heavy (non-hydrogen) atoms. The first-order valence-corrected chi connectivity index (χ1v) is 7.82. The van der Waals surface area contributed by atoms with Crippen molar-refractivity contribution in [2.45, 2.75) is 19.4 Å². The second-order valence-corrected chi connectivity index (χ2v) is 7.58. The van der Waals surface area contributed by atoms with Crippen LogP contribution in [0.15, 0.2) is 24.3 Å². The summed E-state index contributed by atoms with van der Waals surface area (Å²) in [5, 5.41) is 3.03. The summed E-state index contributed by atoms with van der Waals surface area (Å²) in [5.41, 5.74) is 5.28. The highest BCUT2D eigenvalue weighted by molar-refractivity contribution is 7.92. The molecule has 7 heteroatoms. The maximum absolute atomic E-state index is 11.7. The van der Waals surface area contributed by atoms with Gasteiger partial charge in [-0.15, -0.1) is 0 Å². The van der Waals surface area contributed by atoms with Crippen molar-refractivity contribution in [2.24, 2.45) is 5.73 Å². The Kier molecular flexibility index (Phi) is 4.95. The van der Waals surface area contributed by atoms with Gasteiger partial charge in [-0.2, -0.15) is 0 Å². The number of hydrogen-bond donors (Lipinski definition) is 2. The third-order valence-corrected chi connectivity index (χ3v) is 4.21. The van der Waals surface area contributed by atoms with Crippen LogP contribution in [0.3, 0.4) is 0 Å². The topological polar surface area (TPSA) is 89.3 Å². The number of hydrogen-bond acceptors (Lipinski definition) is 4. The van der Waals surface area contributed by atoms with E-state index in [4.69, 9.17) is 17.3 Å². The van der Waals surface area contributed by atoms with Gasteiger partial charge in [0.2, 0.25) is 5.91 Å². The van der Waals surface area contributed by atoms with E-state index in [1.54, 1.807) is 38.1 Å². The van der Waals surface area contributed by atoms with Crippen molar-refractivity contribution in [1.29, 1.82) is 0 Å². The van der Waals surface area contributed by atoms with Gasteiger partial charge in [-0.3, -0.25) is 4.79 Å². The summed E-state index contributed by atoms with van der Waals surface area (Å²) in [6, 6.07) is 6.41. The highest BCUT2D eigenvalue weighted by Crippen LogP contribution is 2.13. The first-order valence-electron chi connectivity index (χ1n) is 5.62. The van der Waals surface area contributed by atoms with Crippen molar-refractivity contribution in [3.8, 4) is 0 Å². The number of nitrogens with one attached hydrogen (secondary N) is 1. The maximum atomic E-state index is 11.7. The van der Waals surface area contributed by atoms with E-state index in [1.165, 1.54) is 0 Å². The highest BCUT2D eigenvalue weighted by Gasteiger charge is 2.24. The van der Waals surface area contributed by atoms with E-state index in [9.17, 15) is 13.2 Å². The van der Waals surface area contributed by atoms with Gasteiger partial charge in [0.05, 0.1) is 5.75 Å². The second kappa shape index (κ2) is 5.90. The molecule has 1 aromatic carbocycles. The molecule has 0 spiro atoms. The Balaban J connectivity index is 2.63. The number of carbonyl (C=O) groups excluding carboxylic acids is 1. The van der Waals surface area contributed by atoms with Crippen molar-refractivity contribution in [3.63, 3.8) is 0 Å². The molecule has 0 heterocycles. The average molecular weight is 305 g/mol. The second-order valence-electron chi connectivity index (χ2n) is 5.08. The van der Waals surface area contributed by atoms with Gasteiger partial charge in [0.25, 0.3) is 0 Å². The molecule has 0 atom stereocenters. The van der Waals surface area contributed by atoms with Gasteiger partial charge in [-0.25, -0.2) is 8.42 Å². The summed E-state index contributed by atoms with van der Waals surface area (Å²) in [7, 11) is -3.53. The summed E-state index contributed by atoms with van der Waals surface area (Å²) >= 11 is 5.70. The predicted octanol–water partition coefficient (Wildman–Crippen LogP) is 1.43. The summed E-state index contributed by atoms with van der Waals surface area (Å²) in [6.07, 6.45) is 0. The number of benzene rings is 1. The van der Waals surface area contributed by atoms with Crippen LogP contribution in [0, 0.1) is 0 Å². The number of carbonyl (C=O) groups is 1. The van der Waals surface area contributed by atoms with E-state index in [0.717, 1.165) is 0 Å². The normalized spacial score (nSPS) is 12.2. The summed E-state index contributed by atoms with van der Waals surface area (Å²) in [6.45, 7) is 3.20. The molecule has 106 valence electrons. The fourth-order valence-electron chi connectivity index (χ4n) is 1.55. The van der Waals surface area contributed by atoms with Crippen LogP contribution in [-0.4, -0.2) is 31.4 Å². The first kappa shape index (κ1) is 15.9. The lowest BCUT2D eigenvalue weighted by atomic mass is 10.1. The molecule has 5 nitrogen and oxygen atoms in total. The van der Waals surface area contributed by atoms with Crippen LogP contribution in [0.5, 0.6) is 0 Å². The van der Waals surface area contributed by atoms with Gasteiger partial charge in [-0.05, 0) is 38.1 Å². The Labute approximate surface area is 118 Å². The van der Waals surface area contributed by atoms with Gasteiger partial charge in [0.15, 0.2) is 9.84 Å². The fourth-order valence-corrected chi connectivity index (χ4v) is 3.38.